The van der Waals surface area contributed by atoms with Crippen LogP contribution in [0, 0.1) is 6.92 Å². The average Bonchev–Trinajstić information content (AvgIpc) is 3.10. The molecule has 21 heavy (non-hydrogen) atoms. The standard InChI is InChI=1S/C15H19N5S/c1-12-18-19(2)15(21-12)17-14(20-10-6-7-11-20)16-13-8-4-3-5-9-13/h3-5,8-9H,6-7,10-11H2,1-2H3. The van der Waals surface area contributed by atoms with E-state index in [0.717, 1.165) is 34.5 Å². The number of rotatable bonds is 1. The number of benzene rings is 1. The van der Waals surface area contributed by atoms with E-state index in [1.165, 1.54) is 12.8 Å². The molecule has 0 bridgehead atoms. The summed E-state index contributed by atoms with van der Waals surface area (Å²) < 4.78 is 1.82. The summed E-state index contributed by atoms with van der Waals surface area (Å²) in [5, 5.41) is 5.38. The molecule has 0 unspecified atom stereocenters. The van der Waals surface area contributed by atoms with Gasteiger partial charge in [0.2, 0.25) is 10.8 Å². The highest BCUT2D eigenvalue weighted by atomic mass is 32.1. The topological polar surface area (TPSA) is 45.8 Å². The Hall–Kier alpha value is -1.95. The molecule has 6 heteroatoms. The van der Waals surface area contributed by atoms with Crippen LogP contribution in [0.2, 0.25) is 0 Å². The lowest BCUT2D eigenvalue weighted by Gasteiger charge is -2.15. The van der Waals surface area contributed by atoms with Gasteiger partial charge in [-0.05, 0) is 31.9 Å². The van der Waals surface area contributed by atoms with Crippen molar-refractivity contribution in [3.8, 4) is 0 Å². The predicted octanol–water partition coefficient (Wildman–Crippen LogP) is 2.47. The number of hydrogen-bond donors (Lipinski definition) is 0. The molecule has 1 aromatic carbocycles. The molecule has 1 fully saturated rings. The fourth-order valence-electron chi connectivity index (χ4n) is 2.35. The Labute approximate surface area is 128 Å². The molecular formula is C15H19N5S. The predicted molar refractivity (Wildman–Crippen MR) is 85.7 cm³/mol. The average molecular weight is 301 g/mol. The van der Waals surface area contributed by atoms with Crippen molar-refractivity contribution in [1.82, 2.24) is 14.7 Å². The third-order valence-corrected chi connectivity index (χ3v) is 4.29. The fourth-order valence-corrected chi connectivity index (χ4v) is 3.08. The van der Waals surface area contributed by atoms with Crippen molar-refractivity contribution in [2.24, 2.45) is 17.0 Å². The van der Waals surface area contributed by atoms with Gasteiger partial charge >= 0.3 is 0 Å². The zero-order chi connectivity index (χ0) is 14.7. The zero-order valence-corrected chi connectivity index (χ0v) is 13.2. The van der Waals surface area contributed by atoms with Crippen molar-refractivity contribution >= 4 is 23.0 Å². The number of aromatic nitrogens is 2. The van der Waals surface area contributed by atoms with Crippen LogP contribution in [0.3, 0.4) is 0 Å². The summed E-state index contributed by atoms with van der Waals surface area (Å²) in [6.45, 7) is 4.04. The first kappa shape index (κ1) is 14.0. The smallest absolute Gasteiger partial charge is 0.228 e. The summed E-state index contributed by atoms with van der Waals surface area (Å²) in [5.41, 5.74) is 0.937. The van der Waals surface area contributed by atoms with Gasteiger partial charge in [-0.1, -0.05) is 29.5 Å². The Balaban J connectivity index is 2.02. The van der Waals surface area contributed by atoms with Gasteiger partial charge in [-0.15, -0.1) is 0 Å². The van der Waals surface area contributed by atoms with Gasteiger partial charge in [-0.3, -0.25) is 0 Å². The molecule has 1 saturated heterocycles. The minimum absolute atomic E-state index is 0.790. The van der Waals surface area contributed by atoms with Gasteiger partial charge in [-0.2, -0.15) is 10.1 Å². The molecule has 0 radical (unpaired) electrons. The number of para-hydroxylation sites is 1. The minimum atomic E-state index is 0.790. The molecule has 3 rings (SSSR count). The number of hydrogen-bond acceptors (Lipinski definition) is 3. The molecule has 0 spiro atoms. The van der Waals surface area contributed by atoms with E-state index in [-0.39, 0.29) is 0 Å². The molecule has 0 amide bonds. The van der Waals surface area contributed by atoms with Gasteiger partial charge in [0.1, 0.15) is 5.01 Å². The first-order valence-corrected chi connectivity index (χ1v) is 7.98. The van der Waals surface area contributed by atoms with Crippen LogP contribution in [-0.2, 0) is 7.05 Å². The van der Waals surface area contributed by atoms with Crippen molar-refractivity contribution in [3.63, 3.8) is 0 Å². The second-order valence-corrected chi connectivity index (χ2v) is 6.24. The van der Waals surface area contributed by atoms with Crippen LogP contribution in [0.25, 0.3) is 0 Å². The Morgan fingerprint density at radius 2 is 1.90 bits per heavy atom. The van der Waals surface area contributed by atoms with E-state index >= 15 is 0 Å². The van der Waals surface area contributed by atoms with Gasteiger partial charge in [0.15, 0.2) is 0 Å². The zero-order valence-electron chi connectivity index (χ0n) is 12.4. The minimum Gasteiger partial charge on any atom is -0.341 e. The van der Waals surface area contributed by atoms with Gasteiger partial charge < -0.3 is 4.90 Å². The van der Waals surface area contributed by atoms with E-state index in [2.05, 4.69) is 10.00 Å². The summed E-state index contributed by atoms with van der Waals surface area (Å²) in [6.07, 6.45) is 2.41. The van der Waals surface area contributed by atoms with Gasteiger partial charge in [-0.25, -0.2) is 9.67 Å². The lowest BCUT2D eigenvalue weighted by molar-refractivity contribution is 0.511. The molecule has 1 aromatic heterocycles. The van der Waals surface area contributed by atoms with E-state index in [0.29, 0.717) is 0 Å². The summed E-state index contributed by atoms with van der Waals surface area (Å²) >= 11 is 1.59. The maximum atomic E-state index is 4.75. The monoisotopic (exact) mass is 301 g/mol. The fraction of sp³-hybridized carbons (Fsp3) is 0.400. The van der Waals surface area contributed by atoms with Crippen molar-refractivity contribution in [2.45, 2.75) is 19.8 Å². The highest BCUT2D eigenvalue weighted by Gasteiger charge is 2.16. The first-order chi connectivity index (χ1) is 10.2. The van der Waals surface area contributed by atoms with E-state index in [9.17, 15) is 0 Å². The maximum absolute atomic E-state index is 4.75. The second kappa shape index (κ2) is 6.22. The van der Waals surface area contributed by atoms with Crippen molar-refractivity contribution in [1.29, 1.82) is 0 Å². The Bertz CT molecular complexity index is 692. The van der Waals surface area contributed by atoms with E-state index in [4.69, 9.17) is 9.98 Å². The van der Waals surface area contributed by atoms with Crippen LogP contribution in [0.15, 0.2) is 40.3 Å². The van der Waals surface area contributed by atoms with E-state index < -0.39 is 0 Å². The molecule has 1 aliphatic heterocycles. The van der Waals surface area contributed by atoms with Gasteiger partial charge in [0.25, 0.3) is 0 Å². The lowest BCUT2D eigenvalue weighted by atomic mass is 10.3. The maximum Gasteiger partial charge on any atom is 0.228 e. The number of aryl methyl sites for hydroxylation is 2. The molecule has 1 aliphatic rings. The molecule has 0 N–H and O–H groups in total. The Morgan fingerprint density at radius 1 is 1.19 bits per heavy atom. The highest BCUT2D eigenvalue weighted by molar-refractivity contribution is 7.08. The van der Waals surface area contributed by atoms with Gasteiger partial charge in [0.05, 0.1) is 5.69 Å². The van der Waals surface area contributed by atoms with Crippen LogP contribution < -0.4 is 4.80 Å². The lowest BCUT2D eigenvalue weighted by Crippen LogP contribution is -2.29. The first-order valence-electron chi connectivity index (χ1n) is 7.16. The molecule has 0 atom stereocenters. The van der Waals surface area contributed by atoms with E-state index in [1.807, 2.05) is 49.0 Å². The SMILES string of the molecule is Cc1nn(C)c(=NC(=Nc2ccccc2)N2CCCC2)s1. The van der Waals surface area contributed by atoms with Crippen molar-refractivity contribution in [2.75, 3.05) is 13.1 Å². The summed E-state index contributed by atoms with van der Waals surface area (Å²) in [4.78, 5) is 12.6. The number of nitrogens with zero attached hydrogens (tertiary/aromatic N) is 5. The molecule has 2 heterocycles. The van der Waals surface area contributed by atoms with Crippen LogP contribution in [0.4, 0.5) is 5.69 Å². The molecule has 0 saturated carbocycles. The second-order valence-electron chi connectivity index (χ2n) is 5.08. The summed E-state index contributed by atoms with van der Waals surface area (Å²) in [5.74, 6) is 0.790. The summed E-state index contributed by atoms with van der Waals surface area (Å²) in [6, 6.07) is 10.00. The van der Waals surface area contributed by atoms with Crippen LogP contribution in [-0.4, -0.2) is 33.7 Å². The third-order valence-electron chi connectivity index (χ3n) is 3.38. The molecule has 5 nitrogen and oxygen atoms in total. The van der Waals surface area contributed by atoms with Crippen molar-refractivity contribution in [3.05, 3.63) is 40.1 Å². The summed E-state index contributed by atoms with van der Waals surface area (Å²) in [7, 11) is 1.92. The Morgan fingerprint density at radius 3 is 2.52 bits per heavy atom. The largest absolute Gasteiger partial charge is 0.341 e. The number of aliphatic imine (C=N–C) groups is 1. The molecule has 110 valence electrons. The molecule has 0 aliphatic carbocycles. The molecule has 2 aromatic rings. The highest BCUT2D eigenvalue weighted by Crippen LogP contribution is 2.15. The van der Waals surface area contributed by atoms with Gasteiger partial charge in [0, 0.05) is 20.1 Å². The van der Waals surface area contributed by atoms with E-state index in [1.54, 1.807) is 11.3 Å². The third kappa shape index (κ3) is 3.39. The van der Waals surface area contributed by atoms with Crippen molar-refractivity contribution < 1.29 is 0 Å². The normalized spacial score (nSPS) is 16.8. The van der Waals surface area contributed by atoms with Crippen LogP contribution >= 0.6 is 11.3 Å². The quantitative estimate of drug-likeness (QED) is 0.600. The molecular weight excluding hydrogens is 282 g/mol. The number of likely N-dealkylation sites (tertiary alicyclic amines) is 1. The Kier molecular flexibility index (Phi) is 4.15. The van der Waals surface area contributed by atoms with Crippen LogP contribution in [0.5, 0.6) is 0 Å². The van der Waals surface area contributed by atoms with Crippen LogP contribution in [0.1, 0.15) is 17.8 Å². The number of guanidine groups is 1.